The van der Waals surface area contributed by atoms with Crippen LogP contribution < -0.4 is 10.4 Å². The first kappa shape index (κ1) is 19.2. The molecule has 6 heteroatoms. The van der Waals surface area contributed by atoms with E-state index in [1.807, 2.05) is 32.9 Å². The molecule has 1 fully saturated rings. The van der Waals surface area contributed by atoms with Gasteiger partial charge in [-0.3, -0.25) is 4.90 Å². The summed E-state index contributed by atoms with van der Waals surface area (Å²) in [6.45, 7) is 16.6. The standard InChI is InChI=1S/C20H30BNO4/c1-13-14-11-12-22(17(23)24-18(2,3)4)16(14)10-9-15(13)21-25-19(5,6)20(7,8)26-21/h9-10H,11-12H2,1-8H3. The van der Waals surface area contributed by atoms with Gasteiger partial charge in [-0.2, -0.15) is 0 Å². The van der Waals surface area contributed by atoms with E-state index in [1.165, 1.54) is 5.56 Å². The van der Waals surface area contributed by atoms with Crippen LogP contribution in [0.2, 0.25) is 0 Å². The fraction of sp³-hybridized carbons (Fsp3) is 0.650. The van der Waals surface area contributed by atoms with Gasteiger partial charge >= 0.3 is 13.2 Å². The van der Waals surface area contributed by atoms with Crippen molar-refractivity contribution in [3.8, 4) is 0 Å². The van der Waals surface area contributed by atoms with Gasteiger partial charge in [-0.1, -0.05) is 6.07 Å². The predicted molar refractivity (Wildman–Crippen MR) is 104 cm³/mol. The zero-order valence-electron chi connectivity index (χ0n) is 17.2. The number of carbonyl (C=O) groups is 1. The van der Waals surface area contributed by atoms with Crippen LogP contribution in [0.25, 0.3) is 0 Å². The molecule has 0 atom stereocenters. The fourth-order valence-electron chi connectivity index (χ4n) is 3.41. The Hall–Kier alpha value is -1.53. The Morgan fingerprint density at radius 1 is 1.15 bits per heavy atom. The van der Waals surface area contributed by atoms with Gasteiger partial charge in [0, 0.05) is 6.54 Å². The van der Waals surface area contributed by atoms with Crippen LogP contribution >= 0.6 is 0 Å². The third kappa shape index (κ3) is 3.25. The number of hydrogen-bond acceptors (Lipinski definition) is 4. The van der Waals surface area contributed by atoms with Gasteiger partial charge in [0.15, 0.2) is 0 Å². The SMILES string of the molecule is Cc1c(B2OC(C)(C)C(C)(C)O2)ccc2c1CCN2C(=O)OC(C)(C)C. The van der Waals surface area contributed by atoms with Gasteiger partial charge < -0.3 is 14.0 Å². The van der Waals surface area contributed by atoms with Crippen molar-refractivity contribution >= 4 is 24.4 Å². The van der Waals surface area contributed by atoms with Gasteiger partial charge in [0.05, 0.1) is 16.9 Å². The van der Waals surface area contributed by atoms with Gasteiger partial charge in [-0.05, 0) is 84.5 Å². The summed E-state index contributed by atoms with van der Waals surface area (Å²) in [4.78, 5) is 14.2. The van der Waals surface area contributed by atoms with E-state index in [0.29, 0.717) is 6.54 Å². The summed E-state index contributed by atoms with van der Waals surface area (Å²) in [6, 6.07) is 4.00. The number of carbonyl (C=O) groups excluding carboxylic acids is 1. The molecule has 3 rings (SSSR count). The summed E-state index contributed by atoms with van der Waals surface area (Å²) < 4.78 is 17.9. The average Bonchev–Trinajstić information content (AvgIpc) is 2.97. The largest absolute Gasteiger partial charge is 0.495 e. The summed E-state index contributed by atoms with van der Waals surface area (Å²) >= 11 is 0. The van der Waals surface area contributed by atoms with Crippen LogP contribution in [0.15, 0.2) is 12.1 Å². The molecular weight excluding hydrogens is 329 g/mol. The van der Waals surface area contributed by atoms with Crippen LogP contribution in [0, 0.1) is 6.92 Å². The third-order valence-corrected chi connectivity index (χ3v) is 5.61. The number of hydrogen-bond donors (Lipinski definition) is 0. The van der Waals surface area contributed by atoms with Gasteiger partial charge in [-0.15, -0.1) is 0 Å². The highest BCUT2D eigenvalue weighted by molar-refractivity contribution is 6.62. The van der Waals surface area contributed by atoms with Crippen molar-refractivity contribution in [2.24, 2.45) is 0 Å². The number of amides is 1. The molecule has 0 N–H and O–H groups in total. The molecule has 2 heterocycles. The first-order valence-corrected chi connectivity index (χ1v) is 9.31. The number of fused-ring (bicyclic) bond motifs is 1. The summed E-state index contributed by atoms with van der Waals surface area (Å²) in [5, 5.41) is 0. The lowest BCUT2D eigenvalue weighted by molar-refractivity contribution is 0.00578. The normalized spacial score (nSPS) is 21.1. The van der Waals surface area contributed by atoms with Crippen molar-refractivity contribution in [3.05, 3.63) is 23.3 Å². The zero-order valence-corrected chi connectivity index (χ0v) is 17.2. The van der Waals surface area contributed by atoms with E-state index < -0.39 is 5.60 Å². The summed E-state index contributed by atoms with van der Waals surface area (Å²) in [6.07, 6.45) is 0.521. The second-order valence-electron chi connectivity index (χ2n) is 9.25. The van der Waals surface area contributed by atoms with E-state index in [4.69, 9.17) is 14.0 Å². The second kappa shape index (κ2) is 5.99. The molecule has 0 spiro atoms. The lowest BCUT2D eigenvalue weighted by Gasteiger charge is -2.32. The molecule has 0 aliphatic carbocycles. The number of rotatable bonds is 1. The van der Waals surface area contributed by atoms with Crippen molar-refractivity contribution in [2.45, 2.75) is 78.6 Å². The smallest absolute Gasteiger partial charge is 0.443 e. The lowest BCUT2D eigenvalue weighted by Crippen LogP contribution is -2.41. The highest BCUT2D eigenvalue weighted by Gasteiger charge is 2.52. The van der Waals surface area contributed by atoms with E-state index in [1.54, 1.807) is 4.90 Å². The predicted octanol–water partition coefficient (Wildman–Crippen LogP) is 3.59. The van der Waals surface area contributed by atoms with Gasteiger partial charge in [0.25, 0.3) is 0 Å². The summed E-state index contributed by atoms with van der Waals surface area (Å²) in [7, 11) is -0.388. The van der Waals surface area contributed by atoms with Crippen LogP contribution in [0.3, 0.4) is 0 Å². The maximum Gasteiger partial charge on any atom is 0.495 e. The van der Waals surface area contributed by atoms with Crippen molar-refractivity contribution in [1.29, 1.82) is 0 Å². The van der Waals surface area contributed by atoms with Crippen LogP contribution in [0.5, 0.6) is 0 Å². The Balaban J connectivity index is 1.88. The minimum absolute atomic E-state index is 0.293. The van der Waals surface area contributed by atoms with Crippen molar-refractivity contribution in [3.63, 3.8) is 0 Å². The Kier molecular flexibility index (Phi) is 4.44. The Morgan fingerprint density at radius 3 is 2.27 bits per heavy atom. The monoisotopic (exact) mass is 359 g/mol. The molecule has 1 aromatic carbocycles. The molecule has 26 heavy (non-hydrogen) atoms. The Labute approximate surface area is 157 Å². The van der Waals surface area contributed by atoms with Crippen LogP contribution in [0.4, 0.5) is 10.5 Å². The topological polar surface area (TPSA) is 48.0 Å². The lowest BCUT2D eigenvalue weighted by atomic mass is 9.74. The highest BCUT2D eigenvalue weighted by atomic mass is 16.7. The quantitative estimate of drug-likeness (QED) is 0.719. The molecule has 0 saturated carbocycles. The maximum absolute atomic E-state index is 12.5. The molecule has 0 radical (unpaired) electrons. The maximum atomic E-state index is 12.5. The molecule has 142 valence electrons. The van der Waals surface area contributed by atoms with Crippen LogP contribution in [-0.4, -0.2) is 36.6 Å². The molecule has 5 nitrogen and oxygen atoms in total. The molecular formula is C20H30BNO4. The van der Waals surface area contributed by atoms with E-state index >= 15 is 0 Å². The Morgan fingerprint density at radius 2 is 1.73 bits per heavy atom. The van der Waals surface area contributed by atoms with Crippen LogP contribution in [0.1, 0.15) is 59.6 Å². The van der Waals surface area contributed by atoms with E-state index in [2.05, 4.69) is 34.6 Å². The first-order chi connectivity index (χ1) is 11.8. The molecule has 2 aliphatic heterocycles. The minimum Gasteiger partial charge on any atom is -0.443 e. The number of anilines is 1. The molecule has 0 bridgehead atoms. The molecule has 1 amide bonds. The van der Waals surface area contributed by atoms with E-state index in [-0.39, 0.29) is 24.4 Å². The Bertz CT molecular complexity index is 720. The van der Waals surface area contributed by atoms with Crippen molar-refractivity contribution in [2.75, 3.05) is 11.4 Å². The second-order valence-corrected chi connectivity index (χ2v) is 9.25. The molecule has 0 aromatic heterocycles. The van der Waals surface area contributed by atoms with Gasteiger partial charge in [-0.25, -0.2) is 4.79 Å². The number of nitrogens with zero attached hydrogens (tertiary/aromatic N) is 1. The minimum atomic E-state index is -0.502. The fourth-order valence-corrected chi connectivity index (χ4v) is 3.41. The van der Waals surface area contributed by atoms with E-state index in [9.17, 15) is 4.79 Å². The van der Waals surface area contributed by atoms with E-state index in [0.717, 1.165) is 23.1 Å². The third-order valence-electron chi connectivity index (χ3n) is 5.61. The van der Waals surface area contributed by atoms with Crippen molar-refractivity contribution in [1.82, 2.24) is 0 Å². The molecule has 2 aliphatic rings. The van der Waals surface area contributed by atoms with Gasteiger partial charge in [0.2, 0.25) is 0 Å². The average molecular weight is 359 g/mol. The van der Waals surface area contributed by atoms with Gasteiger partial charge in [0.1, 0.15) is 5.60 Å². The zero-order chi connectivity index (χ0) is 19.5. The molecule has 0 unspecified atom stereocenters. The number of ether oxygens (including phenoxy) is 1. The summed E-state index contributed by atoms with van der Waals surface area (Å²) in [5.74, 6) is 0. The first-order valence-electron chi connectivity index (χ1n) is 9.31. The molecule has 1 saturated heterocycles. The van der Waals surface area contributed by atoms with Crippen LogP contribution in [-0.2, 0) is 20.5 Å². The summed E-state index contributed by atoms with van der Waals surface area (Å²) in [5.41, 5.74) is 3.02. The highest BCUT2D eigenvalue weighted by Crippen LogP contribution is 2.38. The molecule has 1 aromatic rings. The van der Waals surface area contributed by atoms with Crippen molar-refractivity contribution < 1.29 is 18.8 Å². The number of benzene rings is 1.